The zero-order valence-electron chi connectivity index (χ0n) is 18.5. The molecule has 0 radical (unpaired) electrons. The van der Waals surface area contributed by atoms with Gasteiger partial charge in [-0.15, -0.1) is 0 Å². The first-order chi connectivity index (χ1) is 16.3. The molecule has 0 saturated carbocycles. The van der Waals surface area contributed by atoms with E-state index in [1.54, 1.807) is 0 Å². The van der Waals surface area contributed by atoms with Crippen molar-refractivity contribution in [1.29, 1.82) is 0 Å². The molecule has 0 aliphatic heterocycles. The highest BCUT2D eigenvalue weighted by molar-refractivity contribution is 7.80. The molecule has 35 heavy (non-hydrogen) atoms. The van der Waals surface area contributed by atoms with Crippen molar-refractivity contribution in [2.75, 3.05) is 5.75 Å². The van der Waals surface area contributed by atoms with Crippen LogP contribution in [0, 0.1) is 0 Å². The Balaban J connectivity index is 3.13. The predicted molar refractivity (Wildman–Crippen MR) is 125 cm³/mol. The third-order valence-corrected chi connectivity index (χ3v) is 4.97. The number of carboxylic acid groups (broad SMARTS) is 1. The number of aromatic hydroxyl groups is 1. The zero-order valence-corrected chi connectivity index (χ0v) is 19.4. The van der Waals surface area contributed by atoms with Gasteiger partial charge in [-0.3, -0.25) is 24.0 Å². The molecule has 0 spiro atoms. The number of primary amides is 2. The van der Waals surface area contributed by atoms with Crippen molar-refractivity contribution in [2.45, 2.75) is 43.4 Å². The maximum Gasteiger partial charge on any atom is 0.327 e. The van der Waals surface area contributed by atoms with Crippen molar-refractivity contribution < 1.29 is 39.0 Å². The molecule has 0 bridgehead atoms. The molecule has 0 aliphatic carbocycles. The molecule has 0 heterocycles. The summed E-state index contributed by atoms with van der Waals surface area (Å²) in [6.45, 7) is 0. The summed E-state index contributed by atoms with van der Waals surface area (Å²) in [6.07, 6.45) is -1.33. The van der Waals surface area contributed by atoms with E-state index in [4.69, 9.17) is 17.2 Å². The van der Waals surface area contributed by atoms with Crippen LogP contribution in [0.3, 0.4) is 0 Å². The Morgan fingerprint density at radius 1 is 0.800 bits per heavy atom. The smallest absolute Gasteiger partial charge is 0.327 e. The Labute approximate surface area is 205 Å². The van der Waals surface area contributed by atoms with Gasteiger partial charge in [0.15, 0.2) is 0 Å². The number of nitrogens with two attached hydrogens (primary N) is 3. The highest BCUT2D eigenvalue weighted by atomic mass is 32.1. The van der Waals surface area contributed by atoms with Crippen molar-refractivity contribution in [2.24, 2.45) is 17.2 Å². The summed E-state index contributed by atoms with van der Waals surface area (Å²) in [5, 5.41) is 25.4. The Morgan fingerprint density at radius 2 is 1.29 bits per heavy atom. The van der Waals surface area contributed by atoms with Gasteiger partial charge < -0.3 is 43.4 Å². The minimum absolute atomic E-state index is 0.0451. The second kappa shape index (κ2) is 13.8. The van der Waals surface area contributed by atoms with Crippen molar-refractivity contribution in [3.63, 3.8) is 0 Å². The summed E-state index contributed by atoms with van der Waals surface area (Å²) < 4.78 is 0. The van der Waals surface area contributed by atoms with E-state index in [1.165, 1.54) is 24.3 Å². The van der Waals surface area contributed by atoms with Crippen LogP contribution < -0.4 is 33.2 Å². The second-order valence-electron chi connectivity index (χ2n) is 7.52. The minimum Gasteiger partial charge on any atom is -0.508 e. The van der Waals surface area contributed by atoms with E-state index in [-0.39, 0.29) is 17.9 Å². The largest absolute Gasteiger partial charge is 0.508 e. The van der Waals surface area contributed by atoms with Crippen molar-refractivity contribution in [3.05, 3.63) is 29.8 Å². The lowest BCUT2D eigenvalue weighted by atomic mass is 10.0. The SMILES string of the molecule is NC(=O)CC(N)C(=O)NC(CC(N)=O)C(=O)NC(Cc1ccc(O)cc1)C(=O)NC(CS)C(=O)O. The van der Waals surface area contributed by atoms with E-state index in [0.717, 1.165) is 0 Å². The maximum atomic E-state index is 12.9. The molecule has 5 amide bonds. The first-order valence-corrected chi connectivity index (χ1v) is 10.8. The predicted octanol–water partition coefficient (Wildman–Crippen LogP) is -3.52. The number of phenols is 1. The van der Waals surface area contributed by atoms with Crippen molar-refractivity contribution in [1.82, 2.24) is 16.0 Å². The third kappa shape index (κ3) is 10.3. The summed E-state index contributed by atoms with van der Waals surface area (Å²) in [7, 11) is 0. The Bertz CT molecular complexity index is 957. The van der Waals surface area contributed by atoms with E-state index < -0.39 is 72.5 Å². The van der Waals surface area contributed by atoms with Gasteiger partial charge in [-0.05, 0) is 17.7 Å². The van der Waals surface area contributed by atoms with Gasteiger partial charge in [0.05, 0.1) is 18.9 Å². The molecule has 1 aromatic carbocycles. The average molecular weight is 513 g/mol. The van der Waals surface area contributed by atoms with Crippen molar-refractivity contribution in [3.8, 4) is 5.75 Å². The number of hydrogen-bond acceptors (Lipinski definition) is 9. The van der Waals surface area contributed by atoms with Gasteiger partial charge in [-0.1, -0.05) is 12.1 Å². The van der Waals surface area contributed by atoms with E-state index in [1.807, 2.05) is 0 Å². The Kier molecular flexibility index (Phi) is 11.5. The fraction of sp³-hybridized carbons (Fsp3) is 0.400. The van der Waals surface area contributed by atoms with Gasteiger partial charge in [0, 0.05) is 12.2 Å². The molecule has 0 saturated heterocycles. The second-order valence-corrected chi connectivity index (χ2v) is 7.89. The number of carbonyl (C=O) groups excluding carboxylic acids is 5. The summed E-state index contributed by atoms with van der Waals surface area (Å²) in [6, 6.07) is -0.0565. The van der Waals surface area contributed by atoms with Gasteiger partial charge in [0.25, 0.3) is 0 Å². The quantitative estimate of drug-likeness (QED) is 0.112. The fourth-order valence-corrected chi connectivity index (χ4v) is 3.05. The van der Waals surface area contributed by atoms with Crippen LogP contribution in [-0.2, 0) is 35.2 Å². The molecular weight excluding hydrogens is 484 g/mol. The van der Waals surface area contributed by atoms with E-state index in [2.05, 4.69) is 28.6 Å². The van der Waals surface area contributed by atoms with Crippen LogP contribution in [0.15, 0.2) is 24.3 Å². The highest BCUT2D eigenvalue weighted by Gasteiger charge is 2.31. The lowest BCUT2D eigenvalue weighted by molar-refractivity contribution is -0.141. The lowest BCUT2D eigenvalue weighted by Crippen LogP contribution is -2.58. The third-order valence-electron chi connectivity index (χ3n) is 4.60. The first kappa shape index (κ1) is 29.2. The number of thiol groups is 1. The number of carboxylic acids is 1. The lowest BCUT2D eigenvalue weighted by Gasteiger charge is -2.24. The van der Waals surface area contributed by atoms with Crippen LogP contribution in [0.5, 0.6) is 5.75 Å². The van der Waals surface area contributed by atoms with Gasteiger partial charge >= 0.3 is 5.97 Å². The number of rotatable bonds is 14. The molecule has 0 aliphatic rings. The van der Waals surface area contributed by atoms with Crippen LogP contribution in [0.25, 0.3) is 0 Å². The number of nitrogens with one attached hydrogen (secondary N) is 3. The van der Waals surface area contributed by atoms with Crippen LogP contribution in [0.4, 0.5) is 0 Å². The number of carbonyl (C=O) groups is 6. The molecule has 1 aromatic rings. The molecule has 4 unspecified atom stereocenters. The number of benzene rings is 1. The monoisotopic (exact) mass is 512 g/mol. The van der Waals surface area contributed by atoms with Crippen LogP contribution in [0.2, 0.25) is 0 Å². The first-order valence-electron chi connectivity index (χ1n) is 10.2. The van der Waals surface area contributed by atoms with Gasteiger partial charge in [-0.2, -0.15) is 12.6 Å². The number of amides is 5. The van der Waals surface area contributed by atoms with E-state index >= 15 is 0 Å². The standard InChI is InChI=1S/C20H28N6O8S/c21-11(6-15(22)28)17(30)24-13(7-16(23)29)19(32)25-12(5-9-1-3-10(27)4-2-9)18(31)26-14(8-35)20(33)34/h1-4,11-14,27,35H,5-8,21H2,(H2,22,28)(H2,23,29)(H,24,30)(H,25,32)(H,26,31)(H,33,34). The molecule has 4 atom stereocenters. The number of phenolic OH excluding ortho intramolecular Hbond substituents is 1. The van der Waals surface area contributed by atoms with Crippen LogP contribution >= 0.6 is 12.6 Å². The van der Waals surface area contributed by atoms with Gasteiger partial charge in [-0.25, -0.2) is 4.79 Å². The molecule has 0 fully saturated rings. The molecule has 0 aromatic heterocycles. The van der Waals surface area contributed by atoms with Crippen molar-refractivity contribution >= 4 is 48.1 Å². The Hall–Kier alpha value is -3.85. The summed E-state index contributed by atoms with van der Waals surface area (Å²) in [5.74, 6) is -6.32. The Morgan fingerprint density at radius 3 is 1.77 bits per heavy atom. The minimum atomic E-state index is -1.56. The summed E-state index contributed by atoms with van der Waals surface area (Å²) in [4.78, 5) is 71.6. The highest BCUT2D eigenvalue weighted by Crippen LogP contribution is 2.12. The number of aliphatic carboxylic acids is 1. The van der Waals surface area contributed by atoms with Crippen LogP contribution in [-0.4, -0.2) is 75.6 Å². The van der Waals surface area contributed by atoms with Gasteiger partial charge in [0.1, 0.15) is 23.9 Å². The average Bonchev–Trinajstić information content (AvgIpc) is 2.76. The van der Waals surface area contributed by atoms with Crippen LogP contribution in [0.1, 0.15) is 18.4 Å². The number of hydrogen-bond donors (Lipinski definition) is 9. The molecule has 192 valence electrons. The molecule has 14 nitrogen and oxygen atoms in total. The van der Waals surface area contributed by atoms with E-state index in [0.29, 0.717) is 5.56 Å². The molecule has 15 heteroatoms. The van der Waals surface area contributed by atoms with Gasteiger partial charge in [0.2, 0.25) is 29.5 Å². The fourth-order valence-electron chi connectivity index (χ4n) is 2.81. The molecule has 1 rings (SSSR count). The normalized spacial score (nSPS) is 14.0. The topological polar surface area (TPSA) is 257 Å². The summed E-state index contributed by atoms with van der Waals surface area (Å²) in [5.41, 5.74) is 16.2. The summed E-state index contributed by atoms with van der Waals surface area (Å²) >= 11 is 3.87. The maximum absolute atomic E-state index is 12.9. The van der Waals surface area contributed by atoms with E-state index in [9.17, 15) is 39.0 Å². The zero-order chi connectivity index (χ0) is 26.7. The molecular formula is C20H28N6O8S. The molecule has 11 N–H and O–H groups in total.